The SMILES string of the molecule is N/C(CCCCSc1ncco1)=N/O. The van der Waals surface area contributed by atoms with Gasteiger partial charge in [0.25, 0.3) is 5.22 Å². The molecule has 0 aliphatic heterocycles. The Hall–Kier alpha value is -1.17. The quantitative estimate of drug-likeness (QED) is 0.188. The Kier molecular flexibility index (Phi) is 4.92. The molecule has 0 radical (unpaired) electrons. The van der Waals surface area contributed by atoms with Crippen LogP contribution < -0.4 is 5.73 Å². The number of thioether (sulfide) groups is 1. The van der Waals surface area contributed by atoms with Crippen LogP contribution in [0.4, 0.5) is 0 Å². The first-order valence-electron chi connectivity index (χ1n) is 4.31. The molecule has 1 heterocycles. The lowest BCUT2D eigenvalue weighted by Crippen LogP contribution is -2.10. The third-order valence-corrected chi connectivity index (χ3v) is 2.53. The Morgan fingerprint density at radius 3 is 3.14 bits per heavy atom. The number of nitrogens with zero attached hydrogens (tertiary/aromatic N) is 2. The van der Waals surface area contributed by atoms with Crippen LogP contribution in [0, 0.1) is 0 Å². The molecule has 14 heavy (non-hydrogen) atoms. The van der Waals surface area contributed by atoms with Crippen molar-refractivity contribution in [2.75, 3.05) is 5.75 Å². The zero-order chi connectivity index (χ0) is 10.2. The van der Waals surface area contributed by atoms with Gasteiger partial charge < -0.3 is 15.4 Å². The fraction of sp³-hybridized carbons (Fsp3) is 0.500. The van der Waals surface area contributed by atoms with Crippen LogP contribution in [0.1, 0.15) is 19.3 Å². The highest BCUT2D eigenvalue weighted by Crippen LogP contribution is 2.16. The summed E-state index contributed by atoms with van der Waals surface area (Å²) < 4.78 is 5.05. The molecule has 0 amide bonds. The molecule has 1 aromatic rings. The number of nitrogens with two attached hydrogens (primary N) is 1. The first-order chi connectivity index (χ1) is 6.83. The second-order valence-corrected chi connectivity index (χ2v) is 3.74. The summed E-state index contributed by atoms with van der Waals surface area (Å²) in [5.41, 5.74) is 5.31. The highest BCUT2D eigenvalue weighted by molar-refractivity contribution is 7.99. The van der Waals surface area contributed by atoms with Gasteiger partial charge in [-0.2, -0.15) is 0 Å². The van der Waals surface area contributed by atoms with Gasteiger partial charge in [0, 0.05) is 12.2 Å². The molecule has 1 rings (SSSR count). The van der Waals surface area contributed by atoms with Gasteiger partial charge in [0.1, 0.15) is 12.1 Å². The van der Waals surface area contributed by atoms with E-state index in [2.05, 4.69) is 10.1 Å². The molecule has 0 aliphatic rings. The lowest BCUT2D eigenvalue weighted by molar-refractivity contribution is 0.316. The second kappa shape index (κ2) is 6.31. The van der Waals surface area contributed by atoms with Crippen molar-refractivity contribution in [2.24, 2.45) is 10.9 Å². The minimum absolute atomic E-state index is 0.283. The molecular weight excluding hydrogens is 202 g/mol. The molecule has 0 unspecified atom stereocenters. The van der Waals surface area contributed by atoms with E-state index in [0.717, 1.165) is 18.6 Å². The van der Waals surface area contributed by atoms with E-state index in [4.69, 9.17) is 15.4 Å². The van der Waals surface area contributed by atoms with Gasteiger partial charge in [-0.15, -0.1) is 0 Å². The average Bonchev–Trinajstić information content (AvgIpc) is 2.69. The fourth-order valence-corrected chi connectivity index (χ4v) is 1.68. The van der Waals surface area contributed by atoms with Gasteiger partial charge in [-0.3, -0.25) is 0 Å². The van der Waals surface area contributed by atoms with E-state index in [0.29, 0.717) is 11.6 Å². The summed E-state index contributed by atoms with van der Waals surface area (Å²) in [5, 5.41) is 11.9. The van der Waals surface area contributed by atoms with Crippen molar-refractivity contribution in [3.8, 4) is 0 Å². The van der Waals surface area contributed by atoms with Crippen LogP contribution in [0.25, 0.3) is 0 Å². The highest BCUT2D eigenvalue weighted by Gasteiger charge is 1.98. The van der Waals surface area contributed by atoms with Crippen molar-refractivity contribution >= 4 is 17.6 Å². The predicted molar refractivity (Wildman–Crippen MR) is 54.5 cm³/mol. The Morgan fingerprint density at radius 1 is 1.64 bits per heavy atom. The maximum Gasteiger partial charge on any atom is 0.255 e. The third kappa shape index (κ3) is 4.18. The normalized spacial score (nSPS) is 11.9. The molecule has 0 aromatic carbocycles. The van der Waals surface area contributed by atoms with Crippen molar-refractivity contribution < 1.29 is 9.62 Å². The summed E-state index contributed by atoms with van der Waals surface area (Å²) in [6.45, 7) is 0. The van der Waals surface area contributed by atoms with Gasteiger partial charge in [-0.05, 0) is 12.8 Å². The van der Waals surface area contributed by atoms with Crippen LogP contribution in [0.2, 0.25) is 0 Å². The van der Waals surface area contributed by atoms with E-state index in [1.54, 1.807) is 24.2 Å². The molecule has 0 bridgehead atoms. The van der Waals surface area contributed by atoms with Crippen molar-refractivity contribution in [3.05, 3.63) is 12.5 Å². The van der Waals surface area contributed by atoms with E-state index in [-0.39, 0.29) is 5.84 Å². The number of oxime groups is 1. The molecule has 5 nitrogen and oxygen atoms in total. The molecule has 3 N–H and O–H groups in total. The predicted octanol–water partition coefficient (Wildman–Crippen LogP) is 1.68. The summed E-state index contributed by atoms with van der Waals surface area (Å²) >= 11 is 1.57. The maximum atomic E-state index is 8.27. The topological polar surface area (TPSA) is 84.6 Å². The number of hydrogen-bond acceptors (Lipinski definition) is 5. The number of hydrogen-bond donors (Lipinski definition) is 2. The van der Waals surface area contributed by atoms with Crippen molar-refractivity contribution in [2.45, 2.75) is 24.5 Å². The van der Waals surface area contributed by atoms with Crippen molar-refractivity contribution in [1.29, 1.82) is 0 Å². The van der Waals surface area contributed by atoms with E-state index in [9.17, 15) is 0 Å². The highest BCUT2D eigenvalue weighted by atomic mass is 32.2. The average molecular weight is 215 g/mol. The van der Waals surface area contributed by atoms with Crippen molar-refractivity contribution in [3.63, 3.8) is 0 Å². The van der Waals surface area contributed by atoms with Crippen LogP contribution in [0.15, 0.2) is 27.3 Å². The Bertz CT molecular complexity index is 274. The van der Waals surface area contributed by atoms with Crippen LogP contribution in [0.5, 0.6) is 0 Å². The van der Waals surface area contributed by atoms with Gasteiger partial charge in [0.05, 0.1) is 6.20 Å². The standard InChI is InChI=1S/C8H13N3O2S/c9-7(11-12)3-1-2-6-14-8-10-4-5-13-8/h4-5,12H,1-3,6H2,(H2,9,11). The lowest BCUT2D eigenvalue weighted by Gasteiger charge is -1.97. The van der Waals surface area contributed by atoms with Gasteiger partial charge in [0.2, 0.25) is 0 Å². The Labute approximate surface area is 86.4 Å². The first-order valence-corrected chi connectivity index (χ1v) is 5.30. The summed E-state index contributed by atoms with van der Waals surface area (Å²) in [6.07, 6.45) is 5.70. The summed E-state index contributed by atoms with van der Waals surface area (Å²) in [4.78, 5) is 3.97. The smallest absolute Gasteiger partial charge is 0.255 e. The molecule has 0 saturated carbocycles. The Balaban J connectivity index is 2.00. The van der Waals surface area contributed by atoms with Crippen molar-refractivity contribution in [1.82, 2.24) is 4.98 Å². The van der Waals surface area contributed by atoms with E-state index >= 15 is 0 Å². The zero-order valence-corrected chi connectivity index (χ0v) is 8.54. The summed E-state index contributed by atoms with van der Waals surface area (Å²) in [7, 11) is 0. The fourth-order valence-electron chi connectivity index (χ4n) is 0.899. The van der Waals surface area contributed by atoms with Gasteiger partial charge in [0.15, 0.2) is 0 Å². The number of unbranched alkanes of at least 4 members (excludes halogenated alkanes) is 1. The zero-order valence-electron chi connectivity index (χ0n) is 7.72. The summed E-state index contributed by atoms with van der Waals surface area (Å²) in [5.74, 6) is 1.21. The molecular formula is C8H13N3O2S. The van der Waals surface area contributed by atoms with Crippen LogP contribution >= 0.6 is 11.8 Å². The van der Waals surface area contributed by atoms with E-state index in [1.165, 1.54) is 0 Å². The van der Waals surface area contributed by atoms with E-state index < -0.39 is 0 Å². The largest absolute Gasteiger partial charge is 0.440 e. The molecule has 0 atom stereocenters. The number of oxazole rings is 1. The van der Waals surface area contributed by atoms with Gasteiger partial charge in [-0.25, -0.2) is 4.98 Å². The van der Waals surface area contributed by atoms with Crippen LogP contribution in [0.3, 0.4) is 0 Å². The number of rotatable bonds is 6. The van der Waals surface area contributed by atoms with Crippen LogP contribution in [-0.4, -0.2) is 21.8 Å². The maximum absolute atomic E-state index is 8.27. The molecule has 0 aliphatic carbocycles. The lowest BCUT2D eigenvalue weighted by atomic mass is 10.2. The first kappa shape index (κ1) is 10.9. The molecule has 6 heteroatoms. The monoisotopic (exact) mass is 215 g/mol. The van der Waals surface area contributed by atoms with Gasteiger partial charge in [-0.1, -0.05) is 16.9 Å². The molecule has 0 fully saturated rings. The molecule has 1 aromatic heterocycles. The second-order valence-electron chi connectivity index (χ2n) is 2.69. The van der Waals surface area contributed by atoms with E-state index in [1.807, 2.05) is 0 Å². The third-order valence-electron chi connectivity index (χ3n) is 1.59. The number of aromatic nitrogens is 1. The number of amidine groups is 1. The minimum atomic E-state index is 0.283. The molecule has 0 spiro atoms. The minimum Gasteiger partial charge on any atom is -0.440 e. The van der Waals surface area contributed by atoms with Crippen LogP contribution in [-0.2, 0) is 0 Å². The Morgan fingerprint density at radius 2 is 2.50 bits per heavy atom. The molecule has 0 saturated heterocycles. The molecule has 78 valence electrons. The van der Waals surface area contributed by atoms with Gasteiger partial charge >= 0.3 is 0 Å². The summed E-state index contributed by atoms with van der Waals surface area (Å²) in [6, 6.07) is 0.